The number of ether oxygens (including phenoxy) is 3. The summed E-state index contributed by atoms with van der Waals surface area (Å²) in [6, 6.07) is 0. The highest BCUT2D eigenvalue weighted by Crippen LogP contribution is 2.17. The molecule has 0 spiro atoms. The average molecular weight is 1120 g/mol. The summed E-state index contributed by atoms with van der Waals surface area (Å²) in [4.78, 5) is 38.5. The molecule has 0 amide bonds. The first kappa shape index (κ1) is 76.6. The zero-order chi connectivity index (χ0) is 57.8. The molecule has 1 unspecified atom stereocenters. The van der Waals surface area contributed by atoms with Crippen LogP contribution in [0.5, 0.6) is 0 Å². The monoisotopic (exact) mass is 1110 g/mol. The van der Waals surface area contributed by atoms with Crippen molar-refractivity contribution in [1.29, 1.82) is 0 Å². The number of hydrogen-bond donors (Lipinski definition) is 0. The van der Waals surface area contributed by atoms with Crippen LogP contribution in [-0.2, 0) is 28.6 Å². The van der Waals surface area contributed by atoms with Crippen LogP contribution in [0.25, 0.3) is 0 Å². The molecule has 0 aromatic rings. The fourth-order valence-corrected chi connectivity index (χ4v) is 9.93. The summed E-state index contributed by atoms with van der Waals surface area (Å²) >= 11 is 0. The molecule has 6 heteroatoms. The van der Waals surface area contributed by atoms with Gasteiger partial charge in [-0.1, -0.05) is 298 Å². The van der Waals surface area contributed by atoms with Crippen molar-refractivity contribution in [1.82, 2.24) is 0 Å². The molecule has 80 heavy (non-hydrogen) atoms. The van der Waals surface area contributed by atoms with Crippen molar-refractivity contribution in [3.63, 3.8) is 0 Å². The summed E-state index contributed by atoms with van der Waals surface area (Å²) in [5, 5.41) is 0. The van der Waals surface area contributed by atoms with Crippen molar-refractivity contribution in [2.75, 3.05) is 13.2 Å². The van der Waals surface area contributed by atoms with Gasteiger partial charge in [-0.15, -0.1) is 0 Å². The second-order valence-electron chi connectivity index (χ2n) is 23.1. The highest BCUT2D eigenvalue weighted by molar-refractivity contribution is 5.71. The lowest BCUT2D eigenvalue weighted by molar-refractivity contribution is -0.167. The second kappa shape index (κ2) is 68.1. The van der Waals surface area contributed by atoms with E-state index in [1.165, 1.54) is 212 Å². The van der Waals surface area contributed by atoms with Gasteiger partial charge in [0.05, 0.1) is 0 Å². The van der Waals surface area contributed by atoms with Crippen LogP contribution in [0, 0.1) is 0 Å². The second-order valence-corrected chi connectivity index (χ2v) is 23.1. The van der Waals surface area contributed by atoms with Crippen molar-refractivity contribution < 1.29 is 28.6 Å². The molecular formula is C74H130O6. The molecule has 0 rings (SSSR count). The van der Waals surface area contributed by atoms with E-state index in [0.29, 0.717) is 19.3 Å². The molecule has 0 aromatic heterocycles. The SMILES string of the molecule is CC/C=C\C/C=C\C/C=C\C/C=C\CCCCCCCCCCCCC(=O)OCC(COC(=O)CCCCCCC/C=C\CCCCCCCCC)OC(=O)CCCCCCCCCCCCC/C=C\C/C=C\CCCCCCC. The molecule has 1 atom stereocenters. The van der Waals surface area contributed by atoms with Gasteiger partial charge in [0.15, 0.2) is 6.10 Å². The first-order valence-corrected chi connectivity index (χ1v) is 34.6. The van der Waals surface area contributed by atoms with Crippen LogP contribution in [0.2, 0.25) is 0 Å². The molecule has 0 saturated carbocycles. The van der Waals surface area contributed by atoms with Gasteiger partial charge in [-0.05, 0) is 116 Å². The Balaban J connectivity index is 4.36. The smallest absolute Gasteiger partial charge is 0.306 e. The van der Waals surface area contributed by atoms with Crippen LogP contribution in [0.3, 0.4) is 0 Å². The summed E-state index contributed by atoms with van der Waals surface area (Å²) in [6.45, 7) is 6.55. The van der Waals surface area contributed by atoms with Crippen molar-refractivity contribution in [2.24, 2.45) is 0 Å². The van der Waals surface area contributed by atoms with E-state index in [2.05, 4.69) is 106 Å². The molecule has 0 N–H and O–H groups in total. The minimum Gasteiger partial charge on any atom is -0.462 e. The Kier molecular flexibility index (Phi) is 65.2. The molecule has 0 saturated heterocycles. The largest absolute Gasteiger partial charge is 0.462 e. The summed E-state index contributed by atoms with van der Waals surface area (Å²) in [7, 11) is 0. The Bertz CT molecular complexity index is 1520. The maximum Gasteiger partial charge on any atom is 0.306 e. The molecule has 0 aliphatic carbocycles. The zero-order valence-corrected chi connectivity index (χ0v) is 53.1. The quantitative estimate of drug-likeness (QED) is 0.0261. The van der Waals surface area contributed by atoms with Crippen LogP contribution in [0.15, 0.2) is 85.1 Å². The van der Waals surface area contributed by atoms with Gasteiger partial charge in [0, 0.05) is 19.3 Å². The molecule has 462 valence electrons. The van der Waals surface area contributed by atoms with E-state index in [4.69, 9.17) is 14.2 Å². The highest BCUT2D eigenvalue weighted by atomic mass is 16.6. The molecule has 0 heterocycles. The predicted molar refractivity (Wildman–Crippen MR) is 348 cm³/mol. The zero-order valence-electron chi connectivity index (χ0n) is 53.1. The maximum absolute atomic E-state index is 13.0. The van der Waals surface area contributed by atoms with E-state index in [1.54, 1.807) is 0 Å². The third kappa shape index (κ3) is 65.4. The lowest BCUT2D eigenvalue weighted by Crippen LogP contribution is -2.30. The number of hydrogen-bond acceptors (Lipinski definition) is 6. The van der Waals surface area contributed by atoms with Crippen molar-refractivity contribution in [2.45, 2.75) is 354 Å². The van der Waals surface area contributed by atoms with Gasteiger partial charge in [-0.25, -0.2) is 0 Å². The number of rotatable bonds is 63. The van der Waals surface area contributed by atoms with Gasteiger partial charge < -0.3 is 14.2 Å². The van der Waals surface area contributed by atoms with E-state index < -0.39 is 6.10 Å². The number of carbonyl (C=O) groups excluding carboxylic acids is 3. The lowest BCUT2D eigenvalue weighted by atomic mass is 10.0. The minimum absolute atomic E-state index is 0.0803. The fourth-order valence-electron chi connectivity index (χ4n) is 9.93. The van der Waals surface area contributed by atoms with E-state index in [1.807, 2.05) is 0 Å². The molecule has 0 radical (unpaired) electrons. The Labute approximate surface area is 496 Å². The van der Waals surface area contributed by atoms with E-state index in [-0.39, 0.29) is 31.1 Å². The van der Waals surface area contributed by atoms with Gasteiger partial charge in [0.1, 0.15) is 13.2 Å². The van der Waals surface area contributed by atoms with Gasteiger partial charge in [0.25, 0.3) is 0 Å². The number of unbranched alkanes of at least 4 members (excludes halogenated alkanes) is 38. The highest BCUT2D eigenvalue weighted by Gasteiger charge is 2.19. The summed E-state index contributed by atoms with van der Waals surface area (Å²) in [5.74, 6) is -0.877. The fraction of sp³-hybridized carbons (Fsp3) is 0.770. The van der Waals surface area contributed by atoms with Crippen LogP contribution < -0.4 is 0 Å². The Morgan fingerprint density at radius 1 is 0.263 bits per heavy atom. The topological polar surface area (TPSA) is 78.9 Å². The van der Waals surface area contributed by atoms with Crippen molar-refractivity contribution >= 4 is 17.9 Å². The Morgan fingerprint density at radius 2 is 0.487 bits per heavy atom. The third-order valence-corrected chi connectivity index (χ3v) is 15.1. The van der Waals surface area contributed by atoms with E-state index in [0.717, 1.165) is 96.3 Å². The lowest BCUT2D eigenvalue weighted by Gasteiger charge is -2.18. The van der Waals surface area contributed by atoms with Crippen LogP contribution in [0.4, 0.5) is 0 Å². The molecule has 6 nitrogen and oxygen atoms in total. The maximum atomic E-state index is 13.0. The Hall–Kier alpha value is -3.41. The molecule has 0 aromatic carbocycles. The van der Waals surface area contributed by atoms with Crippen LogP contribution in [-0.4, -0.2) is 37.2 Å². The van der Waals surface area contributed by atoms with Gasteiger partial charge in [-0.3, -0.25) is 14.4 Å². The predicted octanol–water partition coefficient (Wildman–Crippen LogP) is 23.8. The first-order chi connectivity index (χ1) is 39.5. The number of esters is 3. The van der Waals surface area contributed by atoms with Gasteiger partial charge in [-0.2, -0.15) is 0 Å². The normalized spacial score (nSPS) is 12.6. The first-order valence-electron chi connectivity index (χ1n) is 34.6. The van der Waals surface area contributed by atoms with Crippen molar-refractivity contribution in [3.8, 4) is 0 Å². The Morgan fingerprint density at radius 3 is 0.775 bits per heavy atom. The standard InChI is InChI=1S/C74H130O6/c1-4-7-10-13-16-19-22-25-28-31-33-35-37-39-41-43-46-49-52-55-58-61-64-67-73(76)79-70-71(69-78-72(75)66-63-60-57-54-51-48-45-30-27-24-21-18-15-12-9-6-3)80-74(77)68-65-62-59-56-53-50-47-44-42-40-38-36-34-32-29-26-23-20-17-14-11-8-5-2/h7,10,16,19,23,25-26,28,30,32-35,45,71H,4-6,8-9,11-15,17-18,20-22,24,27,29,31,36-44,46-70H2,1-3H3/b10-7-,19-16-,26-23-,28-25-,34-32-,35-33-,45-30-. The molecular weight excluding hydrogens is 985 g/mol. The van der Waals surface area contributed by atoms with E-state index >= 15 is 0 Å². The molecule has 0 aliphatic heterocycles. The minimum atomic E-state index is -0.785. The molecule has 0 bridgehead atoms. The number of allylic oxidation sites excluding steroid dienone is 14. The van der Waals surface area contributed by atoms with Crippen molar-refractivity contribution in [3.05, 3.63) is 85.1 Å². The third-order valence-electron chi connectivity index (χ3n) is 15.1. The number of carbonyl (C=O) groups is 3. The van der Waals surface area contributed by atoms with E-state index in [9.17, 15) is 14.4 Å². The average Bonchev–Trinajstić information content (AvgIpc) is 3.46. The van der Waals surface area contributed by atoms with Gasteiger partial charge in [0.2, 0.25) is 0 Å². The van der Waals surface area contributed by atoms with Crippen LogP contribution in [0.1, 0.15) is 348 Å². The summed E-state index contributed by atoms with van der Waals surface area (Å²) < 4.78 is 17.0. The van der Waals surface area contributed by atoms with Gasteiger partial charge >= 0.3 is 17.9 Å². The molecule has 0 fully saturated rings. The van der Waals surface area contributed by atoms with Crippen LogP contribution >= 0.6 is 0 Å². The summed E-state index contributed by atoms with van der Waals surface area (Å²) in [6.07, 6.45) is 90.2. The summed E-state index contributed by atoms with van der Waals surface area (Å²) in [5.41, 5.74) is 0. The molecule has 0 aliphatic rings.